The van der Waals surface area contributed by atoms with Gasteiger partial charge in [-0.3, -0.25) is 0 Å². The van der Waals surface area contributed by atoms with Crippen molar-refractivity contribution in [2.45, 2.75) is 6.92 Å². The van der Waals surface area contributed by atoms with Crippen molar-refractivity contribution < 1.29 is 4.39 Å². The second-order valence-electron chi connectivity index (χ2n) is 3.80. The SMILES string of the molecule is Cc1cccc(Nc2ccc(F)cc2C#N)c1. The predicted molar refractivity (Wildman–Crippen MR) is 65.6 cm³/mol. The summed E-state index contributed by atoms with van der Waals surface area (Å²) in [7, 11) is 0. The first-order valence-corrected chi connectivity index (χ1v) is 5.22. The van der Waals surface area contributed by atoms with Crippen molar-refractivity contribution in [2.75, 3.05) is 5.32 Å². The zero-order valence-corrected chi connectivity index (χ0v) is 9.37. The number of nitrogens with zero attached hydrogens (tertiary/aromatic N) is 1. The van der Waals surface area contributed by atoms with Crippen molar-refractivity contribution in [1.82, 2.24) is 0 Å². The second-order valence-corrected chi connectivity index (χ2v) is 3.80. The maximum Gasteiger partial charge on any atom is 0.124 e. The molecule has 0 unspecified atom stereocenters. The van der Waals surface area contributed by atoms with Crippen molar-refractivity contribution in [2.24, 2.45) is 0 Å². The first-order valence-electron chi connectivity index (χ1n) is 5.22. The number of rotatable bonds is 2. The lowest BCUT2D eigenvalue weighted by atomic mass is 10.1. The molecular formula is C14H11FN2. The maximum atomic E-state index is 13.0. The van der Waals surface area contributed by atoms with Gasteiger partial charge in [-0.05, 0) is 42.8 Å². The van der Waals surface area contributed by atoms with Crippen molar-refractivity contribution in [3.63, 3.8) is 0 Å². The highest BCUT2D eigenvalue weighted by atomic mass is 19.1. The molecule has 0 amide bonds. The van der Waals surface area contributed by atoms with Crippen LogP contribution in [0.4, 0.5) is 15.8 Å². The van der Waals surface area contributed by atoms with E-state index in [4.69, 9.17) is 5.26 Å². The van der Waals surface area contributed by atoms with Gasteiger partial charge < -0.3 is 5.32 Å². The number of hydrogen-bond acceptors (Lipinski definition) is 2. The van der Waals surface area contributed by atoms with Gasteiger partial charge >= 0.3 is 0 Å². The van der Waals surface area contributed by atoms with Crippen molar-refractivity contribution >= 4 is 11.4 Å². The van der Waals surface area contributed by atoms with Gasteiger partial charge in [0.2, 0.25) is 0 Å². The van der Waals surface area contributed by atoms with E-state index in [-0.39, 0.29) is 0 Å². The molecule has 0 heterocycles. The molecular weight excluding hydrogens is 215 g/mol. The summed E-state index contributed by atoms with van der Waals surface area (Å²) in [5.74, 6) is -0.406. The zero-order valence-electron chi connectivity index (χ0n) is 9.37. The molecule has 84 valence electrons. The average molecular weight is 226 g/mol. The van der Waals surface area contributed by atoms with Crippen LogP contribution in [0.15, 0.2) is 42.5 Å². The Kier molecular flexibility index (Phi) is 3.06. The van der Waals surface area contributed by atoms with Gasteiger partial charge in [0, 0.05) is 5.69 Å². The van der Waals surface area contributed by atoms with Crippen LogP contribution in [0.3, 0.4) is 0 Å². The number of nitrogens with one attached hydrogen (secondary N) is 1. The molecule has 0 aromatic heterocycles. The van der Waals surface area contributed by atoms with E-state index in [1.807, 2.05) is 37.3 Å². The van der Waals surface area contributed by atoms with Crippen molar-refractivity contribution in [1.29, 1.82) is 5.26 Å². The highest BCUT2D eigenvalue weighted by Gasteiger charge is 2.03. The molecule has 17 heavy (non-hydrogen) atoms. The quantitative estimate of drug-likeness (QED) is 0.846. The van der Waals surface area contributed by atoms with Gasteiger partial charge in [0.15, 0.2) is 0 Å². The van der Waals surface area contributed by atoms with E-state index in [0.29, 0.717) is 11.3 Å². The van der Waals surface area contributed by atoms with Gasteiger partial charge in [-0.2, -0.15) is 5.26 Å². The van der Waals surface area contributed by atoms with Crippen molar-refractivity contribution in [3.05, 3.63) is 59.4 Å². The molecule has 0 fully saturated rings. The van der Waals surface area contributed by atoms with Gasteiger partial charge in [0.05, 0.1) is 11.3 Å². The third-order valence-electron chi connectivity index (χ3n) is 2.40. The molecule has 2 rings (SSSR count). The molecule has 2 aromatic rings. The molecule has 0 bridgehead atoms. The monoisotopic (exact) mass is 226 g/mol. The molecule has 0 saturated carbocycles. The van der Waals surface area contributed by atoms with E-state index < -0.39 is 5.82 Å². The molecule has 0 aliphatic rings. The molecule has 0 spiro atoms. The Hall–Kier alpha value is -2.34. The zero-order chi connectivity index (χ0) is 12.3. The summed E-state index contributed by atoms with van der Waals surface area (Å²) in [5.41, 5.74) is 2.91. The minimum absolute atomic E-state index is 0.298. The van der Waals surface area contributed by atoms with Gasteiger partial charge in [0.25, 0.3) is 0 Å². The summed E-state index contributed by atoms with van der Waals surface area (Å²) in [6.07, 6.45) is 0. The third kappa shape index (κ3) is 2.61. The van der Waals surface area contributed by atoms with Crippen LogP contribution >= 0.6 is 0 Å². The molecule has 0 atom stereocenters. The number of hydrogen-bond donors (Lipinski definition) is 1. The summed E-state index contributed by atoms with van der Waals surface area (Å²) in [6.45, 7) is 1.99. The fourth-order valence-corrected chi connectivity index (χ4v) is 1.60. The van der Waals surface area contributed by atoms with E-state index in [9.17, 15) is 4.39 Å². The summed E-state index contributed by atoms with van der Waals surface area (Å²) in [4.78, 5) is 0. The molecule has 2 nitrogen and oxygen atoms in total. The van der Waals surface area contributed by atoms with E-state index in [0.717, 1.165) is 11.3 Å². The van der Waals surface area contributed by atoms with Gasteiger partial charge in [-0.25, -0.2) is 4.39 Å². The Morgan fingerprint density at radius 1 is 1.18 bits per heavy atom. The topological polar surface area (TPSA) is 35.8 Å². The van der Waals surface area contributed by atoms with Crippen LogP contribution in [-0.4, -0.2) is 0 Å². The van der Waals surface area contributed by atoms with Crippen LogP contribution in [0.25, 0.3) is 0 Å². The molecule has 0 radical (unpaired) electrons. The van der Waals surface area contributed by atoms with Crippen molar-refractivity contribution in [3.8, 4) is 6.07 Å². The smallest absolute Gasteiger partial charge is 0.124 e. The Morgan fingerprint density at radius 3 is 2.71 bits per heavy atom. The lowest BCUT2D eigenvalue weighted by Gasteiger charge is -2.08. The lowest BCUT2D eigenvalue weighted by molar-refractivity contribution is 0.627. The van der Waals surface area contributed by atoms with Crippen LogP contribution < -0.4 is 5.32 Å². The fraction of sp³-hybridized carbons (Fsp3) is 0.0714. The normalized spacial score (nSPS) is 9.71. The first-order chi connectivity index (χ1) is 8.19. The minimum atomic E-state index is -0.406. The largest absolute Gasteiger partial charge is 0.354 e. The first kappa shape index (κ1) is 11.2. The third-order valence-corrected chi connectivity index (χ3v) is 2.40. The fourth-order valence-electron chi connectivity index (χ4n) is 1.60. The van der Waals surface area contributed by atoms with Crippen LogP contribution in [0.1, 0.15) is 11.1 Å². The standard InChI is InChI=1S/C14H11FN2/c1-10-3-2-4-13(7-10)17-14-6-5-12(15)8-11(14)9-16/h2-8,17H,1H3. The molecule has 1 N–H and O–H groups in total. The summed E-state index contributed by atoms with van der Waals surface area (Å²) >= 11 is 0. The molecule has 0 aliphatic carbocycles. The highest BCUT2D eigenvalue weighted by Crippen LogP contribution is 2.21. The predicted octanol–water partition coefficient (Wildman–Crippen LogP) is 3.75. The van der Waals surface area contributed by atoms with E-state index in [2.05, 4.69) is 5.32 Å². The van der Waals surface area contributed by atoms with Crippen LogP contribution in [0, 0.1) is 24.1 Å². The highest BCUT2D eigenvalue weighted by molar-refractivity contribution is 5.66. The summed E-state index contributed by atoms with van der Waals surface area (Å²) < 4.78 is 13.0. The Labute approximate surface area is 99.3 Å². The maximum absolute atomic E-state index is 13.0. The Bertz CT molecular complexity index is 585. The molecule has 2 aromatic carbocycles. The number of benzene rings is 2. The molecule has 0 aliphatic heterocycles. The van der Waals surface area contributed by atoms with Gasteiger partial charge in [-0.15, -0.1) is 0 Å². The second kappa shape index (κ2) is 4.67. The average Bonchev–Trinajstić information content (AvgIpc) is 2.31. The number of halogens is 1. The van der Waals surface area contributed by atoms with Crippen LogP contribution in [-0.2, 0) is 0 Å². The number of aryl methyl sites for hydroxylation is 1. The number of anilines is 2. The van der Waals surface area contributed by atoms with Crippen LogP contribution in [0.5, 0.6) is 0 Å². The van der Waals surface area contributed by atoms with Gasteiger partial charge in [-0.1, -0.05) is 12.1 Å². The minimum Gasteiger partial charge on any atom is -0.354 e. The van der Waals surface area contributed by atoms with Crippen LogP contribution in [0.2, 0.25) is 0 Å². The lowest BCUT2D eigenvalue weighted by Crippen LogP contribution is -1.94. The van der Waals surface area contributed by atoms with Gasteiger partial charge in [0.1, 0.15) is 11.9 Å². The van der Waals surface area contributed by atoms with E-state index in [1.165, 1.54) is 12.1 Å². The Morgan fingerprint density at radius 2 is 2.00 bits per heavy atom. The van der Waals surface area contributed by atoms with E-state index >= 15 is 0 Å². The Balaban J connectivity index is 2.34. The molecule has 3 heteroatoms. The number of nitriles is 1. The molecule has 0 saturated heterocycles. The van der Waals surface area contributed by atoms with E-state index in [1.54, 1.807) is 6.07 Å². The summed E-state index contributed by atoms with van der Waals surface area (Å²) in [6, 6.07) is 13.9. The summed E-state index contributed by atoms with van der Waals surface area (Å²) in [5, 5.41) is 12.0.